The van der Waals surface area contributed by atoms with E-state index in [4.69, 9.17) is 5.11 Å². The van der Waals surface area contributed by atoms with E-state index in [1.165, 1.54) is 0 Å². The van der Waals surface area contributed by atoms with E-state index in [-0.39, 0.29) is 6.61 Å². The van der Waals surface area contributed by atoms with E-state index in [0.29, 0.717) is 6.42 Å². The van der Waals surface area contributed by atoms with Gasteiger partial charge in [0.25, 0.3) is 0 Å². The van der Waals surface area contributed by atoms with E-state index >= 15 is 0 Å². The van der Waals surface area contributed by atoms with Crippen LogP contribution in [0.2, 0.25) is 0 Å². The van der Waals surface area contributed by atoms with Crippen LogP contribution in [-0.4, -0.2) is 30.8 Å². The van der Waals surface area contributed by atoms with Gasteiger partial charge in [0.2, 0.25) is 0 Å². The maximum atomic E-state index is 8.75. The second kappa shape index (κ2) is 4.23. The van der Waals surface area contributed by atoms with Gasteiger partial charge in [0.1, 0.15) is 5.82 Å². The van der Waals surface area contributed by atoms with E-state index in [2.05, 4.69) is 11.1 Å². The molecule has 3 heteroatoms. The first-order chi connectivity index (χ1) is 6.15. The third-order valence-corrected chi connectivity index (χ3v) is 1.93. The number of aromatic nitrogens is 1. The lowest BCUT2D eigenvalue weighted by molar-refractivity contribution is 0.299. The Labute approximate surface area is 79.0 Å². The minimum absolute atomic E-state index is 0.183. The molecule has 0 radical (unpaired) electrons. The number of hydrogen-bond donors (Lipinski definition) is 1. The summed E-state index contributed by atoms with van der Waals surface area (Å²) in [7, 11) is 3.95. The van der Waals surface area contributed by atoms with Crippen LogP contribution < -0.4 is 4.90 Å². The number of aliphatic hydroxyl groups excluding tert-OH is 1. The summed E-state index contributed by atoms with van der Waals surface area (Å²) in [5.74, 6) is 0.988. The van der Waals surface area contributed by atoms with Gasteiger partial charge in [0.15, 0.2) is 0 Å². The quantitative estimate of drug-likeness (QED) is 0.753. The SMILES string of the molecule is Cc1cc(CCO)cnc1N(C)C. The summed E-state index contributed by atoms with van der Waals surface area (Å²) < 4.78 is 0. The summed E-state index contributed by atoms with van der Waals surface area (Å²) in [6, 6.07) is 2.07. The molecule has 0 aliphatic carbocycles. The maximum Gasteiger partial charge on any atom is 0.130 e. The van der Waals surface area contributed by atoms with Gasteiger partial charge in [-0.15, -0.1) is 0 Å². The predicted molar refractivity (Wildman–Crippen MR) is 54.1 cm³/mol. The summed E-state index contributed by atoms with van der Waals surface area (Å²) in [6.07, 6.45) is 2.50. The zero-order valence-electron chi connectivity index (χ0n) is 8.41. The molecule has 0 unspecified atom stereocenters. The van der Waals surface area contributed by atoms with Gasteiger partial charge < -0.3 is 10.0 Å². The van der Waals surface area contributed by atoms with Crippen LogP contribution in [-0.2, 0) is 6.42 Å². The second-order valence-electron chi connectivity index (χ2n) is 3.35. The number of nitrogens with zero attached hydrogens (tertiary/aromatic N) is 2. The van der Waals surface area contributed by atoms with Crippen LogP contribution in [0.4, 0.5) is 5.82 Å². The summed E-state index contributed by atoms with van der Waals surface area (Å²) in [6.45, 7) is 2.21. The van der Waals surface area contributed by atoms with Crippen LogP contribution in [0.15, 0.2) is 12.3 Å². The Kier molecular flexibility index (Phi) is 3.25. The molecule has 0 bridgehead atoms. The van der Waals surface area contributed by atoms with Gasteiger partial charge in [-0.2, -0.15) is 0 Å². The molecule has 0 aliphatic heterocycles. The molecule has 0 saturated heterocycles. The van der Waals surface area contributed by atoms with E-state index < -0.39 is 0 Å². The first-order valence-corrected chi connectivity index (χ1v) is 4.39. The van der Waals surface area contributed by atoms with Gasteiger partial charge in [-0.25, -0.2) is 4.98 Å². The number of aryl methyl sites for hydroxylation is 1. The van der Waals surface area contributed by atoms with Crippen LogP contribution in [0.1, 0.15) is 11.1 Å². The smallest absolute Gasteiger partial charge is 0.130 e. The average Bonchev–Trinajstić information content (AvgIpc) is 2.04. The highest BCUT2D eigenvalue weighted by atomic mass is 16.2. The lowest BCUT2D eigenvalue weighted by atomic mass is 10.1. The van der Waals surface area contributed by atoms with Crippen LogP contribution in [0.3, 0.4) is 0 Å². The number of anilines is 1. The van der Waals surface area contributed by atoms with Gasteiger partial charge >= 0.3 is 0 Å². The van der Waals surface area contributed by atoms with Crippen molar-refractivity contribution in [2.45, 2.75) is 13.3 Å². The largest absolute Gasteiger partial charge is 0.396 e. The zero-order chi connectivity index (χ0) is 9.84. The monoisotopic (exact) mass is 180 g/mol. The van der Waals surface area contributed by atoms with Gasteiger partial charge in [0, 0.05) is 26.9 Å². The van der Waals surface area contributed by atoms with Crippen LogP contribution in [0, 0.1) is 6.92 Å². The Balaban J connectivity index is 2.92. The summed E-state index contributed by atoms with van der Waals surface area (Å²) >= 11 is 0. The fourth-order valence-corrected chi connectivity index (χ4v) is 1.36. The Hall–Kier alpha value is -1.09. The Bertz CT molecular complexity index is 284. The van der Waals surface area contributed by atoms with E-state index in [1.807, 2.05) is 32.1 Å². The molecular weight excluding hydrogens is 164 g/mol. The molecule has 1 aromatic heterocycles. The Morgan fingerprint density at radius 1 is 1.46 bits per heavy atom. The highest BCUT2D eigenvalue weighted by Gasteiger charge is 2.02. The predicted octanol–water partition coefficient (Wildman–Crippen LogP) is 0.991. The topological polar surface area (TPSA) is 36.4 Å². The normalized spacial score (nSPS) is 10.2. The lowest BCUT2D eigenvalue weighted by Gasteiger charge is -2.14. The van der Waals surface area contributed by atoms with Crippen molar-refractivity contribution < 1.29 is 5.11 Å². The van der Waals surface area contributed by atoms with Crippen LogP contribution in [0.25, 0.3) is 0 Å². The van der Waals surface area contributed by atoms with Crippen molar-refractivity contribution in [1.82, 2.24) is 4.98 Å². The molecule has 1 rings (SSSR count). The molecule has 0 atom stereocenters. The van der Waals surface area contributed by atoms with Gasteiger partial charge in [-0.05, 0) is 24.5 Å². The molecule has 72 valence electrons. The molecule has 3 nitrogen and oxygen atoms in total. The first kappa shape index (κ1) is 9.99. The summed E-state index contributed by atoms with van der Waals surface area (Å²) in [4.78, 5) is 6.30. The van der Waals surface area contributed by atoms with Crippen molar-refractivity contribution >= 4 is 5.82 Å². The van der Waals surface area contributed by atoms with Crippen LogP contribution in [0.5, 0.6) is 0 Å². The number of pyridine rings is 1. The first-order valence-electron chi connectivity index (χ1n) is 4.39. The lowest BCUT2D eigenvalue weighted by Crippen LogP contribution is -2.12. The molecule has 0 spiro atoms. The molecule has 13 heavy (non-hydrogen) atoms. The molecular formula is C10H16N2O. The highest BCUT2D eigenvalue weighted by Crippen LogP contribution is 2.15. The van der Waals surface area contributed by atoms with Crippen molar-refractivity contribution in [1.29, 1.82) is 0 Å². The van der Waals surface area contributed by atoms with Crippen molar-refractivity contribution in [3.63, 3.8) is 0 Å². The van der Waals surface area contributed by atoms with Gasteiger partial charge in [-0.1, -0.05) is 6.07 Å². The highest BCUT2D eigenvalue weighted by molar-refractivity contribution is 5.45. The third kappa shape index (κ3) is 2.42. The van der Waals surface area contributed by atoms with Crippen LogP contribution >= 0.6 is 0 Å². The minimum atomic E-state index is 0.183. The molecule has 0 aliphatic rings. The number of rotatable bonds is 3. The Morgan fingerprint density at radius 2 is 2.15 bits per heavy atom. The molecule has 0 fully saturated rings. The summed E-state index contributed by atoms with van der Waals surface area (Å²) in [5, 5.41) is 8.75. The molecule has 1 aromatic rings. The Morgan fingerprint density at radius 3 is 2.62 bits per heavy atom. The third-order valence-electron chi connectivity index (χ3n) is 1.93. The van der Waals surface area contributed by atoms with Crippen molar-refractivity contribution in [3.05, 3.63) is 23.4 Å². The van der Waals surface area contributed by atoms with E-state index in [0.717, 1.165) is 16.9 Å². The molecule has 0 amide bonds. The van der Waals surface area contributed by atoms with E-state index in [1.54, 1.807) is 0 Å². The minimum Gasteiger partial charge on any atom is -0.396 e. The fraction of sp³-hybridized carbons (Fsp3) is 0.500. The molecule has 1 N–H and O–H groups in total. The second-order valence-corrected chi connectivity index (χ2v) is 3.35. The van der Waals surface area contributed by atoms with Gasteiger partial charge in [0.05, 0.1) is 0 Å². The van der Waals surface area contributed by atoms with Crippen molar-refractivity contribution in [2.24, 2.45) is 0 Å². The standard InChI is InChI=1S/C10H16N2O/c1-8-6-9(4-5-13)7-11-10(8)12(2)3/h6-7,13H,4-5H2,1-3H3. The van der Waals surface area contributed by atoms with Crippen molar-refractivity contribution in [2.75, 3.05) is 25.6 Å². The zero-order valence-corrected chi connectivity index (χ0v) is 8.41. The van der Waals surface area contributed by atoms with Gasteiger partial charge in [-0.3, -0.25) is 0 Å². The molecule has 0 aromatic carbocycles. The average molecular weight is 180 g/mol. The maximum absolute atomic E-state index is 8.75. The summed E-state index contributed by atoms with van der Waals surface area (Å²) in [5.41, 5.74) is 2.24. The van der Waals surface area contributed by atoms with Crippen molar-refractivity contribution in [3.8, 4) is 0 Å². The molecule has 0 saturated carbocycles. The molecule has 1 heterocycles. The number of hydrogen-bond acceptors (Lipinski definition) is 3. The number of aliphatic hydroxyl groups is 1. The fourth-order valence-electron chi connectivity index (χ4n) is 1.36. The van der Waals surface area contributed by atoms with E-state index in [9.17, 15) is 0 Å².